The summed E-state index contributed by atoms with van der Waals surface area (Å²) in [4.78, 5) is 13.9. The molecule has 0 N–H and O–H groups in total. The molecule has 1 aromatic rings. The first kappa shape index (κ1) is 15.0. The topological polar surface area (TPSA) is 20.3 Å². The highest BCUT2D eigenvalue weighted by atomic mass is 35.5. The first-order valence-corrected chi connectivity index (χ1v) is 6.66. The van der Waals surface area contributed by atoms with Gasteiger partial charge in [-0.3, -0.25) is 4.79 Å². The molecule has 0 heterocycles. The maximum Gasteiger partial charge on any atom is 0.227 e. The Bertz CT molecular complexity index is 393. The number of amides is 1. The molecule has 0 aliphatic heterocycles. The molecule has 0 aromatic heterocycles. The molecule has 4 heteroatoms. The number of hydrogen-bond donors (Lipinski definition) is 0. The second kappa shape index (κ2) is 6.74. The van der Waals surface area contributed by atoms with Crippen molar-refractivity contribution in [3.8, 4) is 0 Å². The van der Waals surface area contributed by atoms with Crippen LogP contribution in [0.3, 0.4) is 0 Å². The van der Waals surface area contributed by atoms with E-state index in [-0.39, 0.29) is 23.7 Å². The van der Waals surface area contributed by atoms with Gasteiger partial charge in [-0.1, -0.05) is 19.1 Å². The number of carbonyl (C=O) groups is 1. The summed E-state index contributed by atoms with van der Waals surface area (Å²) >= 11 is 5.72. The van der Waals surface area contributed by atoms with Crippen LogP contribution in [-0.2, 0) is 4.79 Å². The number of nitrogens with zero attached hydrogens (tertiary/aromatic N) is 1. The lowest BCUT2D eigenvalue weighted by Crippen LogP contribution is -2.37. The maximum absolute atomic E-state index is 12.9. The number of alkyl halides is 1. The van der Waals surface area contributed by atoms with Crippen LogP contribution in [0.25, 0.3) is 0 Å². The summed E-state index contributed by atoms with van der Waals surface area (Å²) in [6.07, 6.45) is 0. The molecule has 0 saturated carbocycles. The molecule has 0 radical (unpaired) electrons. The van der Waals surface area contributed by atoms with Crippen LogP contribution in [0.1, 0.15) is 32.4 Å². The second-order valence-corrected chi connectivity index (χ2v) is 4.72. The Morgan fingerprint density at radius 2 is 1.89 bits per heavy atom. The van der Waals surface area contributed by atoms with Crippen LogP contribution >= 0.6 is 11.6 Å². The van der Waals surface area contributed by atoms with E-state index in [1.165, 1.54) is 12.1 Å². The highest BCUT2D eigenvalue weighted by Crippen LogP contribution is 2.22. The van der Waals surface area contributed by atoms with E-state index in [4.69, 9.17) is 11.6 Å². The Balaban J connectivity index is 2.88. The quantitative estimate of drug-likeness (QED) is 0.749. The molecule has 0 fully saturated rings. The predicted molar refractivity (Wildman–Crippen MR) is 72.1 cm³/mol. The maximum atomic E-state index is 12.9. The summed E-state index contributed by atoms with van der Waals surface area (Å²) in [5.74, 6) is -0.126. The van der Waals surface area contributed by atoms with Crippen molar-refractivity contribution in [3.05, 3.63) is 35.6 Å². The van der Waals surface area contributed by atoms with E-state index >= 15 is 0 Å². The minimum Gasteiger partial charge on any atom is -0.336 e. The molecule has 2 nitrogen and oxygen atoms in total. The van der Waals surface area contributed by atoms with Gasteiger partial charge in [-0.15, -0.1) is 11.6 Å². The highest BCUT2D eigenvalue weighted by Gasteiger charge is 2.23. The van der Waals surface area contributed by atoms with Crippen molar-refractivity contribution >= 4 is 17.5 Å². The normalized spacial score (nSPS) is 14.1. The molecule has 0 bridgehead atoms. The van der Waals surface area contributed by atoms with E-state index < -0.39 is 0 Å². The van der Waals surface area contributed by atoms with Crippen LogP contribution in [0.2, 0.25) is 0 Å². The molecule has 0 aliphatic rings. The predicted octanol–water partition coefficient (Wildman–Crippen LogP) is 3.61. The van der Waals surface area contributed by atoms with Gasteiger partial charge in [0.1, 0.15) is 5.82 Å². The molecule has 0 saturated heterocycles. The number of hydrogen-bond acceptors (Lipinski definition) is 1. The molecule has 18 heavy (non-hydrogen) atoms. The molecule has 100 valence electrons. The van der Waals surface area contributed by atoms with Crippen molar-refractivity contribution in [1.82, 2.24) is 4.90 Å². The van der Waals surface area contributed by atoms with Crippen molar-refractivity contribution in [2.75, 3.05) is 12.4 Å². The third-order valence-electron chi connectivity index (χ3n) is 3.10. The standard InChI is InChI=1S/C14H19ClFNO/c1-4-17(14(18)10(2)9-15)11(3)12-5-7-13(16)8-6-12/h5-8,10-11H,4,9H2,1-3H3. The third kappa shape index (κ3) is 3.45. The molecule has 0 spiro atoms. The summed E-state index contributed by atoms with van der Waals surface area (Å²) in [5, 5.41) is 0. The van der Waals surface area contributed by atoms with Gasteiger partial charge < -0.3 is 4.90 Å². The first-order chi connectivity index (χ1) is 8.51. The highest BCUT2D eigenvalue weighted by molar-refractivity contribution is 6.19. The summed E-state index contributed by atoms with van der Waals surface area (Å²) in [6, 6.07) is 6.17. The lowest BCUT2D eigenvalue weighted by molar-refractivity contribution is -0.136. The average Bonchev–Trinajstić information content (AvgIpc) is 2.39. The van der Waals surface area contributed by atoms with Crippen molar-refractivity contribution in [2.24, 2.45) is 5.92 Å². The molecular formula is C14H19ClFNO. The van der Waals surface area contributed by atoms with Gasteiger partial charge in [0.25, 0.3) is 0 Å². The van der Waals surface area contributed by atoms with Crippen LogP contribution in [0.4, 0.5) is 4.39 Å². The first-order valence-electron chi connectivity index (χ1n) is 6.13. The van der Waals surface area contributed by atoms with E-state index in [9.17, 15) is 9.18 Å². The van der Waals surface area contributed by atoms with Gasteiger partial charge in [-0.2, -0.15) is 0 Å². The minimum absolute atomic E-state index is 0.0318. The number of benzene rings is 1. The Morgan fingerprint density at radius 1 is 1.33 bits per heavy atom. The van der Waals surface area contributed by atoms with Crippen LogP contribution in [0, 0.1) is 11.7 Å². The van der Waals surface area contributed by atoms with Gasteiger partial charge in [0.05, 0.1) is 6.04 Å². The van der Waals surface area contributed by atoms with Gasteiger partial charge in [0.15, 0.2) is 0 Å². The van der Waals surface area contributed by atoms with E-state index in [2.05, 4.69) is 0 Å². The zero-order valence-corrected chi connectivity index (χ0v) is 11.7. The summed E-state index contributed by atoms with van der Waals surface area (Å²) in [5.41, 5.74) is 0.924. The second-order valence-electron chi connectivity index (χ2n) is 4.41. The third-order valence-corrected chi connectivity index (χ3v) is 3.56. The molecule has 1 aromatic carbocycles. The lowest BCUT2D eigenvalue weighted by Gasteiger charge is -2.30. The van der Waals surface area contributed by atoms with E-state index in [0.29, 0.717) is 12.4 Å². The minimum atomic E-state index is -0.269. The molecule has 1 amide bonds. The SMILES string of the molecule is CCN(C(=O)C(C)CCl)C(C)c1ccc(F)cc1. The smallest absolute Gasteiger partial charge is 0.227 e. The number of rotatable bonds is 5. The fraction of sp³-hybridized carbons (Fsp3) is 0.500. The zero-order valence-electron chi connectivity index (χ0n) is 11.0. The molecule has 0 aliphatic carbocycles. The van der Waals surface area contributed by atoms with Gasteiger partial charge in [0.2, 0.25) is 5.91 Å². The van der Waals surface area contributed by atoms with Gasteiger partial charge in [-0.05, 0) is 31.5 Å². The Kier molecular flexibility index (Phi) is 5.60. The van der Waals surface area contributed by atoms with Gasteiger partial charge >= 0.3 is 0 Å². The Labute approximate surface area is 113 Å². The van der Waals surface area contributed by atoms with Crippen LogP contribution in [-0.4, -0.2) is 23.2 Å². The van der Waals surface area contributed by atoms with Crippen molar-refractivity contribution in [3.63, 3.8) is 0 Å². The van der Waals surface area contributed by atoms with Crippen molar-refractivity contribution in [2.45, 2.75) is 26.8 Å². The van der Waals surface area contributed by atoms with E-state index in [1.54, 1.807) is 17.0 Å². The number of halogens is 2. The summed E-state index contributed by atoms with van der Waals surface area (Å²) in [6.45, 7) is 6.29. The van der Waals surface area contributed by atoms with Crippen molar-refractivity contribution < 1.29 is 9.18 Å². The largest absolute Gasteiger partial charge is 0.336 e. The summed E-state index contributed by atoms with van der Waals surface area (Å²) in [7, 11) is 0. The van der Waals surface area contributed by atoms with Crippen molar-refractivity contribution in [1.29, 1.82) is 0 Å². The lowest BCUT2D eigenvalue weighted by atomic mass is 10.0. The average molecular weight is 272 g/mol. The van der Waals surface area contributed by atoms with Crippen LogP contribution in [0.15, 0.2) is 24.3 Å². The fourth-order valence-electron chi connectivity index (χ4n) is 1.89. The fourth-order valence-corrected chi connectivity index (χ4v) is 2.02. The molecule has 2 unspecified atom stereocenters. The number of carbonyl (C=O) groups excluding carboxylic acids is 1. The zero-order chi connectivity index (χ0) is 13.7. The van der Waals surface area contributed by atoms with E-state index in [0.717, 1.165) is 5.56 Å². The van der Waals surface area contributed by atoms with Crippen LogP contribution in [0.5, 0.6) is 0 Å². The molecule has 1 rings (SSSR count). The monoisotopic (exact) mass is 271 g/mol. The summed E-state index contributed by atoms with van der Waals surface area (Å²) < 4.78 is 12.9. The molecule has 2 atom stereocenters. The van der Waals surface area contributed by atoms with Crippen LogP contribution < -0.4 is 0 Å². The Hall–Kier alpha value is -1.09. The van der Waals surface area contributed by atoms with Gasteiger partial charge in [-0.25, -0.2) is 4.39 Å². The molecular weight excluding hydrogens is 253 g/mol. The van der Waals surface area contributed by atoms with E-state index in [1.807, 2.05) is 20.8 Å². The Morgan fingerprint density at radius 3 is 2.33 bits per heavy atom. The van der Waals surface area contributed by atoms with Gasteiger partial charge in [0, 0.05) is 18.3 Å².